The van der Waals surface area contributed by atoms with Gasteiger partial charge in [-0.15, -0.1) is 0 Å². The van der Waals surface area contributed by atoms with Crippen molar-refractivity contribution in [3.8, 4) is 0 Å². The quantitative estimate of drug-likeness (QED) is 0.683. The van der Waals surface area contributed by atoms with Crippen molar-refractivity contribution < 1.29 is 19.5 Å². The van der Waals surface area contributed by atoms with E-state index in [2.05, 4.69) is 5.32 Å². The second-order valence-electron chi connectivity index (χ2n) is 5.38. The molecule has 21 heavy (non-hydrogen) atoms. The summed E-state index contributed by atoms with van der Waals surface area (Å²) in [5, 5.41) is 11.3. The first-order valence-electron chi connectivity index (χ1n) is 7.49. The van der Waals surface area contributed by atoms with Crippen molar-refractivity contribution in [2.45, 2.75) is 38.5 Å². The van der Waals surface area contributed by atoms with Gasteiger partial charge in [-0.2, -0.15) is 0 Å². The molecule has 1 saturated heterocycles. The second-order valence-corrected chi connectivity index (χ2v) is 5.38. The average Bonchev–Trinajstić information content (AvgIpc) is 2.59. The first-order valence-corrected chi connectivity index (χ1v) is 7.49. The number of unbranched alkanes of at least 4 members (excludes halogenated alkanes) is 3. The Labute approximate surface area is 125 Å². The van der Waals surface area contributed by atoms with Gasteiger partial charge >= 0.3 is 12.0 Å². The molecule has 1 aliphatic heterocycles. The van der Waals surface area contributed by atoms with Gasteiger partial charge in [0.2, 0.25) is 5.91 Å². The standard InChI is InChI=1S/C14H25N3O4/c1-16-9-6-10-17(11-12(16)18)14(21)15-8-5-3-2-4-7-13(19)20/h2-11H2,1H3,(H,15,21)(H,19,20). The number of carbonyl (C=O) groups is 3. The van der Waals surface area contributed by atoms with Crippen molar-refractivity contribution in [1.29, 1.82) is 0 Å². The van der Waals surface area contributed by atoms with Crippen molar-refractivity contribution in [2.24, 2.45) is 0 Å². The molecule has 0 spiro atoms. The number of rotatable bonds is 7. The molecule has 120 valence electrons. The number of hydrogen-bond acceptors (Lipinski definition) is 3. The van der Waals surface area contributed by atoms with Crippen molar-refractivity contribution >= 4 is 17.9 Å². The first-order chi connectivity index (χ1) is 10.0. The number of carboxylic acids is 1. The summed E-state index contributed by atoms with van der Waals surface area (Å²) < 4.78 is 0. The SMILES string of the molecule is CN1CCCN(C(=O)NCCCCCCC(=O)O)CC1=O. The van der Waals surface area contributed by atoms with Crippen LogP contribution < -0.4 is 5.32 Å². The molecule has 0 aliphatic carbocycles. The van der Waals surface area contributed by atoms with Gasteiger partial charge in [-0.1, -0.05) is 12.8 Å². The molecule has 1 rings (SSSR count). The van der Waals surface area contributed by atoms with Crippen LogP contribution in [-0.4, -0.2) is 66.0 Å². The van der Waals surface area contributed by atoms with Gasteiger partial charge in [-0.05, 0) is 19.3 Å². The lowest BCUT2D eigenvalue weighted by atomic mass is 10.1. The Morgan fingerprint density at radius 2 is 1.90 bits per heavy atom. The number of amides is 3. The van der Waals surface area contributed by atoms with Gasteiger partial charge in [0.25, 0.3) is 0 Å². The molecule has 0 aromatic rings. The van der Waals surface area contributed by atoms with E-state index in [1.807, 2.05) is 0 Å². The van der Waals surface area contributed by atoms with E-state index >= 15 is 0 Å². The molecule has 0 radical (unpaired) electrons. The number of hydrogen-bond donors (Lipinski definition) is 2. The fraction of sp³-hybridized carbons (Fsp3) is 0.786. The lowest BCUT2D eigenvalue weighted by molar-refractivity contribution is -0.137. The molecule has 1 fully saturated rings. The molecular formula is C14H25N3O4. The highest BCUT2D eigenvalue weighted by Crippen LogP contribution is 2.04. The molecule has 7 nitrogen and oxygen atoms in total. The molecular weight excluding hydrogens is 274 g/mol. The zero-order valence-corrected chi connectivity index (χ0v) is 12.6. The van der Waals surface area contributed by atoms with Crippen LogP contribution in [0.2, 0.25) is 0 Å². The minimum absolute atomic E-state index is 0.0312. The molecule has 1 heterocycles. The molecule has 0 unspecified atom stereocenters. The number of urea groups is 1. The molecule has 2 N–H and O–H groups in total. The smallest absolute Gasteiger partial charge is 0.317 e. The number of nitrogens with one attached hydrogen (secondary N) is 1. The lowest BCUT2D eigenvalue weighted by Gasteiger charge is -2.20. The maximum Gasteiger partial charge on any atom is 0.317 e. The summed E-state index contributed by atoms with van der Waals surface area (Å²) in [5.74, 6) is -0.796. The minimum atomic E-state index is -0.765. The highest BCUT2D eigenvalue weighted by molar-refractivity contribution is 5.84. The fourth-order valence-electron chi connectivity index (χ4n) is 2.22. The summed E-state index contributed by atoms with van der Waals surface area (Å²) in [5.41, 5.74) is 0. The summed E-state index contributed by atoms with van der Waals surface area (Å²) >= 11 is 0. The lowest BCUT2D eigenvalue weighted by Crippen LogP contribution is -2.43. The number of nitrogens with zero attached hydrogens (tertiary/aromatic N) is 2. The van der Waals surface area contributed by atoms with Gasteiger partial charge < -0.3 is 20.2 Å². The van der Waals surface area contributed by atoms with Crippen LogP contribution in [0, 0.1) is 0 Å². The third kappa shape index (κ3) is 6.97. The Balaban J connectivity index is 2.13. The topological polar surface area (TPSA) is 89.9 Å². The second kappa shape index (κ2) is 9.20. The summed E-state index contributed by atoms with van der Waals surface area (Å²) in [6.45, 7) is 1.99. The molecule has 0 atom stereocenters. The number of carbonyl (C=O) groups excluding carboxylic acids is 2. The van der Waals surface area contributed by atoms with Crippen molar-refractivity contribution in [3.63, 3.8) is 0 Å². The van der Waals surface area contributed by atoms with Crippen molar-refractivity contribution in [1.82, 2.24) is 15.1 Å². The summed E-state index contributed by atoms with van der Waals surface area (Å²) in [7, 11) is 1.75. The Bertz CT molecular complexity index is 373. The third-order valence-electron chi connectivity index (χ3n) is 3.55. The highest BCUT2D eigenvalue weighted by Gasteiger charge is 2.22. The Morgan fingerprint density at radius 1 is 1.19 bits per heavy atom. The summed E-state index contributed by atoms with van der Waals surface area (Å²) in [6, 6.07) is -0.191. The predicted octanol–water partition coefficient (Wildman–Crippen LogP) is 0.895. The zero-order valence-electron chi connectivity index (χ0n) is 12.6. The van der Waals surface area contributed by atoms with Crippen LogP contribution in [0.1, 0.15) is 38.5 Å². The van der Waals surface area contributed by atoms with E-state index in [9.17, 15) is 14.4 Å². The Kier molecular flexibility index (Phi) is 7.56. The highest BCUT2D eigenvalue weighted by atomic mass is 16.4. The van der Waals surface area contributed by atoms with Gasteiger partial charge in [0, 0.05) is 33.1 Å². The number of likely N-dealkylation sites (N-methyl/N-ethyl adjacent to an activating group) is 1. The fourth-order valence-corrected chi connectivity index (χ4v) is 2.22. The van der Waals surface area contributed by atoms with Crippen LogP contribution >= 0.6 is 0 Å². The number of aliphatic carboxylic acids is 1. The predicted molar refractivity (Wildman–Crippen MR) is 77.9 cm³/mol. The molecule has 7 heteroatoms. The first kappa shape index (κ1) is 17.3. The van der Waals surface area contributed by atoms with Gasteiger partial charge in [0.1, 0.15) is 6.54 Å². The van der Waals surface area contributed by atoms with Crippen LogP contribution in [-0.2, 0) is 9.59 Å². The monoisotopic (exact) mass is 299 g/mol. The maximum atomic E-state index is 11.9. The zero-order chi connectivity index (χ0) is 15.7. The Hall–Kier alpha value is -1.79. The van der Waals surface area contributed by atoms with E-state index in [0.29, 0.717) is 26.1 Å². The minimum Gasteiger partial charge on any atom is -0.481 e. The van der Waals surface area contributed by atoms with E-state index in [0.717, 1.165) is 25.7 Å². The maximum absolute atomic E-state index is 11.9. The molecule has 3 amide bonds. The van der Waals surface area contributed by atoms with Gasteiger partial charge in [-0.25, -0.2) is 4.79 Å². The van der Waals surface area contributed by atoms with E-state index in [1.54, 1.807) is 16.8 Å². The third-order valence-corrected chi connectivity index (χ3v) is 3.55. The van der Waals surface area contributed by atoms with E-state index < -0.39 is 5.97 Å². The van der Waals surface area contributed by atoms with E-state index in [-0.39, 0.29) is 24.9 Å². The molecule has 0 aromatic heterocycles. The molecule has 1 aliphatic rings. The molecule has 0 aromatic carbocycles. The van der Waals surface area contributed by atoms with E-state index in [1.165, 1.54) is 0 Å². The van der Waals surface area contributed by atoms with Gasteiger partial charge in [-0.3, -0.25) is 9.59 Å². The van der Waals surface area contributed by atoms with Crippen LogP contribution in [0.3, 0.4) is 0 Å². The van der Waals surface area contributed by atoms with Crippen LogP contribution in [0.15, 0.2) is 0 Å². The largest absolute Gasteiger partial charge is 0.481 e. The van der Waals surface area contributed by atoms with Crippen molar-refractivity contribution in [3.05, 3.63) is 0 Å². The summed E-state index contributed by atoms with van der Waals surface area (Å²) in [4.78, 5) is 37.2. The average molecular weight is 299 g/mol. The van der Waals surface area contributed by atoms with Gasteiger partial charge in [0.05, 0.1) is 0 Å². The van der Waals surface area contributed by atoms with E-state index in [4.69, 9.17) is 5.11 Å². The van der Waals surface area contributed by atoms with Crippen molar-refractivity contribution in [2.75, 3.05) is 33.2 Å². The van der Waals surface area contributed by atoms with Gasteiger partial charge in [0.15, 0.2) is 0 Å². The Morgan fingerprint density at radius 3 is 2.62 bits per heavy atom. The van der Waals surface area contributed by atoms with Crippen LogP contribution in [0.25, 0.3) is 0 Å². The molecule has 0 saturated carbocycles. The number of carboxylic acid groups (broad SMARTS) is 1. The van der Waals surface area contributed by atoms with Crippen LogP contribution in [0.5, 0.6) is 0 Å². The molecule has 0 bridgehead atoms. The normalized spacial score (nSPS) is 15.8. The van der Waals surface area contributed by atoms with Crippen LogP contribution in [0.4, 0.5) is 4.79 Å². The summed E-state index contributed by atoms with van der Waals surface area (Å²) in [6.07, 6.45) is 4.26.